The fourth-order valence-corrected chi connectivity index (χ4v) is 4.64. The van der Waals surface area contributed by atoms with Crippen molar-refractivity contribution < 1.29 is 0 Å². The van der Waals surface area contributed by atoms with Crippen molar-refractivity contribution in [2.24, 2.45) is 5.92 Å². The molecule has 3 rings (SSSR count). The number of rotatable bonds is 4. The predicted molar refractivity (Wildman–Crippen MR) is 89.6 cm³/mol. The second kappa shape index (κ2) is 7.00. The standard InChI is InChI=1S/C18H27NS/c1-14(19-13-15-8-10-20-11-9-15)17-7-6-16-4-2-3-5-18(16)12-17/h6-7,12,14-15,19H,2-5,8-11,13H2,1H3. The van der Waals surface area contributed by atoms with Gasteiger partial charge in [-0.3, -0.25) is 0 Å². The number of hydrogen-bond acceptors (Lipinski definition) is 2. The lowest BCUT2D eigenvalue weighted by atomic mass is 9.89. The lowest BCUT2D eigenvalue weighted by Crippen LogP contribution is -2.28. The van der Waals surface area contributed by atoms with Crippen LogP contribution in [0.4, 0.5) is 0 Å². The van der Waals surface area contributed by atoms with Crippen LogP contribution in [0.15, 0.2) is 18.2 Å². The largest absolute Gasteiger partial charge is 0.310 e. The van der Waals surface area contributed by atoms with Gasteiger partial charge in [-0.25, -0.2) is 0 Å². The van der Waals surface area contributed by atoms with Crippen molar-refractivity contribution in [3.63, 3.8) is 0 Å². The normalized spacial score (nSPS) is 21.4. The third-order valence-corrected chi connectivity index (χ3v) is 5.97. The fraction of sp³-hybridized carbons (Fsp3) is 0.667. The number of fused-ring (bicyclic) bond motifs is 1. The number of thioether (sulfide) groups is 1. The summed E-state index contributed by atoms with van der Waals surface area (Å²) in [6, 6.07) is 7.68. The van der Waals surface area contributed by atoms with Crippen molar-refractivity contribution in [1.82, 2.24) is 5.32 Å². The van der Waals surface area contributed by atoms with Crippen LogP contribution in [0.5, 0.6) is 0 Å². The Morgan fingerprint density at radius 3 is 2.70 bits per heavy atom. The van der Waals surface area contributed by atoms with Crippen molar-refractivity contribution in [2.75, 3.05) is 18.1 Å². The second-order valence-electron chi connectivity index (χ2n) is 6.42. The van der Waals surface area contributed by atoms with E-state index >= 15 is 0 Å². The highest BCUT2D eigenvalue weighted by atomic mass is 32.2. The average molecular weight is 289 g/mol. The highest BCUT2D eigenvalue weighted by Crippen LogP contribution is 2.26. The molecule has 1 unspecified atom stereocenters. The molecule has 1 aliphatic heterocycles. The molecule has 0 aromatic heterocycles. The van der Waals surface area contributed by atoms with E-state index in [-0.39, 0.29) is 0 Å². The molecule has 1 fully saturated rings. The van der Waals surface area contributed by atoms with Crippen LogP contribution in [0.25, 0.3) is 0 Å². The van der Waals surface area contributed by atoms with Gasteiger partial charge in [0.2, 0.25) is 0 Å². The summed E-state index contributed by atoms with van der Waals surface area (Å²) in [5.74, 6) is 3.62. The zero-order valence-corrected chi connectivity index (χ0v) is 13.5. The van der Waals surface area contributed by atoms with Crippen LogP contribution in [0, 0.1) is 5.92 Å². The van der Waals surface area contributed by atoms with Crippen molar-refractivity contribution in [3.8, 4) is 0 Å². The molecule has 1 nitrogen and oxygen atoms in total. The van der Waals surface area contributed by atoms with E-state index in [1.807, 2.05) is 0 Å². The first kappa shape index (κ1) is 14.5. The summed E-state index contributed by atoms with van der Waals surface area (Å²) in [5, 5.41) is 3.77. The molecule has 0 saturated carbocycles. The molecular weight excluding hydrogens is 262 g/mol. The Hall–Kier alpha value is -0.470. The van der Waals surface area contributed by atoms with Gasteiger partial charge in [0.15, 0.2) is 0 Å². The van der Waals surface area contributed by atoms with Crippen LogP contribution in [0.1, 0.15) is 55.3 Å². The zero-order chi connectivity index (χ0) is 13.8. The van der Waals surface area contributed by atoms with Crippen LogP contribution in [0.2, 0.25) is 0 Å². The molecule has 2 aliphatic rings. The first-order valence-corrected chi connectivity index (χ1v) is 9.41. The summed E-state index contributed by atoms with van der Waals surface area (Å²) in [5.41, 5.74) is 4.68. The van der Waals surface area contributed by atoms with Crippen molar-refractivity contribution in [1.29, 1.82) is 0 Å². The first-order valence-electron chi connectivity index (χ1n) is 8.26. The molecule has 1 aromatic rings. The summed E-state index contributed by atoms with van der Waals surface area (Å²) < 4.78 is 0. The van der Waals surface area contributed by atoms with Gasteiger partial charge in [0.25, 0.3) is 0 Å². The van der Waals surface area contributed by atoms with Gasteiger partial charge >= 0.3 is 0 Å². The van der Waals surface area contributed by atoms with Crippen LogP contribution < -0.4 is 5.32 Å². The number of benzene rings is 1. The van der Waals surface area contributed by atoms with E-state index in [0.29, 0.717) is 6.04 Å². The number of aryl methyl sites for hydroxylation is 2. The highest BCUT2D eigenvalue weighted by Gasteiger charge is 2.16. The maximum absolute atomic E-state index is 3.77. The molecule has 110 valence electrons. The molecule has 0 amide bonds. The Kier molecular flexibility index (Phi) is 5.06. The van der Waals surface area contributed by atoms with E-state index in [2.05, 4.69) is 42.2 Å². The SMILES string of the molecule is CC(NCC1CCSCC1)c1ccc2c(c1)CCCC2. The smallest absolute Gasteiger partial charge is 0.0292 e. The minimum atomic E-state index is 0.497. The molecule has 1 saturated heterocycles. The third-order valence-electron chi connectivity index (χ3n) is 4.93. The van der Waals surface area contributed by atoms with E-state index in [0.717, 1.165) is 5.92 Å². The zero-order valence-electron chi connectivity index (χ0n) is 12.7. The molecule has 1 N–H and O–H groups in total. The Morgan fingerprint density at radius 2 is 1.90 bits per heavy atom. The lowest BCUT2D eigenvalue weighted by Gasteiger charge is -2.25. The van der Waals surface area contributed by atoms with E-state index < -0.39 is 0 Å². The minimum absolute atomic E-state index is 0.497. The molecule has 1 aromatic carbocycles. The number of hydrogen-bond donors (Lipinski definition) is 1. The van der Waals surface area contributed by atoms with Crippen LogP contribution in [-0.2, 0) is 12.8 Å². The maximum Gasteiger partial charge on any atom is 0.0292 e. The Balaban J connectivity index is 1.57. The number of nitrogens with one attached hydrogen (secondary N) is 1. The molecular formula is C18H27NS. The molecule has 1 heterocycles. The Morgan fingerprint density at radius 1 is 1.15 bits per heavy atom. The lowest BCUT2D eigenvalue weighted by molar-refractivity contribution is 0.421. The van der Waals surface area contributed by atoms with Gasteiger partial charge in [0.05, 0.1) is 0 Å². The van der Waals surface area contributed by atoms with E-state index in [1.54, 1.807) is 11.1 Å². The molecule has 0 radical (unpaired) electrons. The van der Waals surface area contributed by atoms with Gasteiger partial charge in [0.1, 0.15) is 0 Å². The van der Waals surface area contributed by atoms with Crippen LogP contribution in [-0.4, -0.2) is 18.1 Å². The summed E-state index contributed by atoms with van der Waals surface area (Å²) in [7, 11) is 0. The molecule has 2 heteroatoms. The first-order chi connectivity index (χ1) is 9.83. The summed E-state index contributed by atoms with van der Waals surface area (Å²) in [6.07, 6.45) is 8.12. The Bertz CT molecular complexity index is 437. The van der Waals surface area contributed by atoms with E-state index in [1.165, 1.54) is 62.1 Å². The average Bonchev–Trinajstić information content (AvgIpc) is 2.53. The summed E-state index contributed by atoms with van der Waals surface area (Å²) >= 11 is 2.12. The van der Waals surface area contributed by atoms with Crippen molar-refractivity contribution in [2.45, 2.75) is 51.5 Å². The van der Waals surface area contributed by atoms with Crippen LogP contribution >= 0.6 is 11.8 Å². The van der Waals surface area contributed by atoms with Gasteiger partial charge in [-0.05, 0) is 86.1 Å². The van der Waals surface area contributed by atoms with Gasteiger partial charge in [0, 0.05) is 6.04 Å². The van der Waals surface area contributed by atoms with Crippen molar-refractivity contribution >= 4 is 11.8 Å². The van der Waals surface area contributed by atoms with Gasteiger partial charge in [-0.15, -0.1) is 0 Å². The van der Waals surface area contributed by atoms with Crippen LogP contribution in [0.3, 0.4) is 0 Å². The third kappa shape index (κ3) is 3.59. The van der Waals surface area contributed by atoms with Crippen molar-refractivity contribution in [3.05, 3.63) is 34.9 Å². The molecule has 0 bridgehead atoms. The fourth-order valence-electron chi connectivity index (χ4n) is 3.43. The highest BCUT2D eigenvalue weighted by molar-refractivity contribution is 7.99. The molecule has 0 spiro atoms. The predicted octanol–water partition coefficient (Wildman–Crippen LogP) is 4.36. The van der Waals surface area contributed by atoms with E-state index in [9.17, 15) is 0 Å². The van der Waals surface area contributed by atoms with Gasteiger partial charge in [-0.1, -0.05) is 18.2 Å². The molecule has 20 heavy (non-hydrogen) atoms. The second-order valence-corrected chi connectivity index (χ2v) is 7.65. The monoisotopic (exact) mass is 289 g/mol. The summed E-state index contributed by atoms with van der Waals surface area (Å²) in [6.45, 7) is 3.51. The maximum atomic E-state index is 3.77. The van der Waals surface area contributed by atoms with E-state index in [4.69, 9.17) is 0 Å². The topological polar surface area (TPSA) is 12.0 Å². The molecule has 1 atom stereocenters. The summed E-state index contributed by atoms with van der Waals surface area (Å²) in [4.78, 5) is 0. The molecule has 1 aliphatic carbocycles. The Labute approximate surface area is 127 Å². The quantitative estimate of drug-likeness (QED) is 0.884. The minimum Gasteiger partial charge on any atom is -0.310 e. The van der Waals surface area contributed by atoms with Gasteiger partial charge in [-0.2, -0.15) is 11.8 Å². The van der Waals surface area contributed by atoms with Gasteiger partial charge < -0.3 is 5.32 Å².